The zero-order chi connectivity index (χ0) is 13.7. The molecule has 0 aliphatic carbocycles. The van der Waals surface area contributed by atoms with Gasteiger partial charge in [-0.25, -0.2) is 4.98 Å². The number of nitrogens with two attached hydrogens (primary N) is 2. The van der Waals surface area contributed by atoms with E-state index in [2.05, 4.69) is 4.98 Å². The number of carbonyl (C=O) groups excluding carboxylic acids is 1. The van der Waals surface area contributed by atoms with Crippen LogP contribution in [0.4, 0.5) is 11.5 Å². The molecular formula is C12H20N4O2. The Kier molecular flexibility index (Phi) is 4.91. The van der Waals surface area contributed by atoms with E-state index in [-0.39, 0.29) is 12.6 Å². The highest BCUT2D eigenvalue weighted by Gasteiger charge is 2.18. The fourth-order valence-corrected chi connectivity index (χ4v) is 1.73. The average Bonchev–Trinajstić information content (AvgIpc) is 2.30. The second-order valence-electron chi connectivity index (χ2n) is 4.37. The van der Waals surface area contributed by atoms with Crippen molar-refractivity contribution in [1.29, 1.82) is 0 Å². The largest absolute Gasteiger partial charge is 0.397 e. The molecule has 1 rings (SSSR count). The monoisotopic (exact) mass is 252 g/mol. The molecular weight excluding hydrogens is 232 g/mol. The van der Waals surface area contributed by atoms with Gasteiger partial charge >= 0.3 is 0 Å². The number of hydrogen-bond donors (Lipinski definition) is 3. The molecule has 100 valence electrons. The molecule has 0 aromatic carbocycles. The third-order valence-corrected chi connectivity index (χ3v) is 2.61. The van der Waals surface area contributed by atoms with Gasteiger partial charge in [-0.3, -0.25) is 4.79 Å². The van der Waals surface area contributed by atoms with Gasteiger partial charge in [0.25, 0.3) is 5.91 Å². The maximum Gasteiger partial charge on any atom is 0.252 e. The molecule has 6 heteroatoms. The summed E-state index contributed by atoms with van der Waals surface area (Å²) in [5.74, 6) is -0.0420. The second-order valence-corrected chi connectivity index (χ2v) is 4.37. The summed E-state index contributed by atoms with van der Waals surface area (Å²) in [6, 6.07) is 1.67. The number of aromatic nitrogens is 1. The van der Waals surface area contributed by atoms with Crippen molar-refractivity contribution in [1.82, 2.24) is 4.98 Å². The number of hydrogen-bond acceptors (Lipinski definition) is 5. The van der Waals surface area contributed by atoms with E-state index < -0.39 is 5.91 Å². The predicted molar refractivity (Wildman–Crippen MR) is 71.4 cm³/mol. The SMILES string of the molecule is CC(C)N(CCCO)c1ncc(N)cc1C(N)=O. The molecule has 0 fully saturated rings. The van der Waals surface area contributed by atoms with E-state index in [1.54, 1.807) is 0 Å². The molecule has 6 nitrogen and oxygen atoms in total. The Morgan fingerprint density at radius 2 is 2.22 bits per heavy atom. The first-order valence-corrected chi connectivity index (χ1v) is 5.90. The van der Waals surface area contributed by atoms with Gasteiger partial charge in [0.15, 0.2) is 0 Å². The van der Waals surface area contributed by atoms with Crippen molar-refractivity contribution in [2.75, 3.05) is 23.8 Å². The minimum atomic E-state index is -0.556. The van der Waals surface area contributed by atoms with Crippen LogP contribution in [0.15, 0.2) is 12.3 Å². The van der Waals surface area contributed by atoms with Crippen LogP contribution in [0, 0.1) is 0 Å². The van der Waals surface area contributed by atoms with Gasteiger partial charge < -0.3 is 21.5 Å². The standard InChI is InChI=1S/C12H20N4O2/c1-8(2)16(4-3-5-17)12-10(11(14)18)6-9(13)7-15-12/h6-8,17H,3-5,13H2,1-2H3,(H2,14,18). The van der Waals surface area contributed by atoms with E-state index in [4.69, 9.17) is 16.6 Å². The number of pyridine rings is 1. The van der Waals surface area contributed by atoms with Crippen LogP contribution in [0.2, 0.25) is 0 Å². The van der Waals surface area contributed by atoms with Crippen LogP contribution in [-0.2, 0) is 0 Å². The first kappa shape index (κ1) is 14.2. The van der Waals surface area contributed by atoms with Gasteiger partial charge in [0.05, 0.1) is 17.4 Å². The number of aliphatic hydroxyl groups excluding tert-OH is 1. The molecule has 0 bridgehead atoms. The third kappa shape index (κ3) is 3.33. The number of nitrogens with zero attached hydrogens (tertiary/aromatic N) is 2. The Morgan fingerprint density at radius 3 is 2.72 bits per heavy atom. The van der Waals surface area contributed by atoms with Crippen molar-refractivity contribution in [3.8, 4) is 0 Å². The van der Waals surface area contributed by atoms with E-state index >= 15 is 0 Å². The Morgan fingerprint density at radius 1 is 1.56 bits per heavy atom. The molecule has 0 spiro atoms. The molecule has 0 atom stereocenters. The predicted octanol–water partition coefficient (Wildman–Crippen LogP) is 0.360. The van der Waals surface area contributed by atoms with E-state index in [0.717, 1.165) is 0 Å². The minimum absolute atomic E-state index is 0.0874. The minimum Gasteiger partial charge on any atom is -0.397 e. The molecule has 1 heterocycles. The van der Waals surface area contributed by atoms with Crippen LogP contribution in [0.25, 0.3) is 0 Å². The highest BCUT2D eigenvalue weighted by Crippen LogP contribution is 2.21. The zero-order valence-corrected chi connectivity index (χ0v) is 10.8. The maximum absolute atomic E-state index is 11.4. The molecule has 1 amide bonds. The summed E-state index contributed by atoms with van der Waals surface area (Å²) in [5, 5.41) is 8.91. The summed E-state index contributed by atoms with van der Waals surface area (Å²) in [5.41, 5.74) is 11.7. The third-order valence-electron chi connectivity index (χ3n) is 2.61. The normalized spacial score (nSPS) is 10.7. The number of anilines is 2. The van der Waals surface area contributed by atoms with Crippen molar-refractivity contribution in [2.24, 2.45) is 5.73 Å². The lowest BCUT2D eigenvalue weighted by Gasteiger charge is -2.29. The van der Waals surface area contributed by atoms with E-state index in [1.807, 2.05) is 18.7 Å². The molecule has 0 radical (unpaired) electrons. The van der Waals surface area contributed by atoms with Crippen molar-refractivity contribution < 1.29 is 9.90 Å². The van der Waals surface area contributed by atoms with Gasteiger partial charge in [0, 0.05) is 19.2 Å². The summed E-state index contributed by atoms with van der Waals surface area (Å²) >= 11 is 0. The Labute approximate surface area is 107 Å². The Hall–Kier alpha value is -1.82. The molecule has 1 aromatic rings. The number of nitrogen functional groups attached to an aromatic ring is 1. The number of carbonyl (C=O) groups is 1. The van der Waals surface area contributed by atoms with Crippen LogP contribution in [0.3, 0.4) is 0 Å². The van der Waals surface area contributed by atoms with Gasteiger partial charge in [-0.05, 0) is 26.3 Å². The van der Waals surface area contributed by atoms with Crippen molar-refractivity contribution in [2.45, 2.75) is 26.3 Å². The molecule has 0 aliphatic rings. The van der Waals surface area contributed by atoms with Gasteiger partial charge in [-0.15, -0.1) is 0 Å². The summed E-state index contributed by atoms with van der Waals surface area (Å²) in [7, 11) is 0. The Balaban J connectivity index is 3.14. The second kappa shape index (κ2) is 6.20. The number of amides is 1. The molecule has 0 unspecified atom stereocenters. The van der Waals surface area contributed by atoms with Gasteiger partial charge in [-0.1, -0.05) is 0 Å². The lowest BCUT2D eigenvalue weighted by Crippen LogP contribution is -2.35. The van der Waals surface area contributed by atoms with Crippen LogP contribution in [-0.4, -0.2) is 35.2 Å². The molecule has 0 saturated carbocycles. The highest BCUT2D eigenvalue weighted by molar-refractivity contribution is 5.98. The van der Waals surface area contributed by atoms with Crippen molar-refractivity contribution in [3.05, 3.63) is 17.8 Å². The van der Waals surface area contributed by atoms with Gasteiger partial charge in [-0.2, -0.15) is 0 Å². The van der Waals surface area contributed by atoms with Gasteiger partial charge in [0.1, 0.15) is 5.82 Å². The summed E-state index contributed by atoms with van der Waals surface area (Å²) in [6.07, 6.45) is 2.10. The lowest BCUT2D eigenvalue weighted by atomic mass is 10.2. The van der Waals surface area contributed by atoms with E-state index in [9.17, 15) is 4.79 Å². The quantitative estimate of drug-likeness (QED) is 0.678. The first-order chi connectivity index (χ1) is 8.47. The van der Waals surface area contributed by atoms with Crippen LogP contribution < -0.4 is 16.4 Å². The fraction of sp³-hybridized carbons (Fsp3) is 0.500. The summed E-state index contributed by atoms with van der Waals surface area (Å²) in [4.78, 5) is 17.5. The number of primary amides is 1. The smallest absolute Gasteiger partial charge is 0.252 e. The van der Waals surface area contributed by atoms with E-state index in [1.165, 1.54) is 12.3 Å². The lowest BCUT2D eigenvalue weighted by molar-refractivity contribution is 0.100. The Bertz CT molecular complexity index is 421. The summed E-state index contributed by atoms with van der Waals surface area (Å²) in [6.45, 7) is 4.66. The summed E-state index contributed by atoms with van der Waals surface area (Å²) < 4.78 is 0. The topological polar surface area (TPSA) is 105 Å². The molecule has 1 aromatic heterocycles. The highest BCUT2D eigenvalue weighted by atomic mass is 16.3. The average molecular weight is 252 g/mol. The molecule has 5 N–H and O–H groups in total. The molecule has 18 heavy (non-hydrogen) atoms. The van der Waals surface area contributed by atoms with Crippen molar-refractivity contribution in [3.63, 3.8) is 0 Å². The van der Waals surface area contributed by atoms with Crippen LogP contribution in [0.5, 0.6) is 0 Å². The van der Waals surface area contributed by atoms with Crippen LogP contribution in [0.1, 0.15) is 30.6 Å². The fourth-order valence-electron chi connectivity index (χ4n) is 1.73. The molecule has 0 aliphatic heterocycles. The number of rotatable bonds is 6. The van der Waals surface area contributed by atoms with Crippen LogP contribution >= 0.6 is 0 Å². The molecule has 0 saturated heterocycles. The first-order valence-electron chi connectivity index (χ1n) is 5.90. The number of aliphatic hydroxyl groups is 1. The van der Waals surface area contributed by atoms with E-state index in [0.29, 0.717) is 30.0 Å². The van der Waals surface area contributed by atoms with Crippen molar-refractivity contribution >= 4 is 17.4 Å². The maximum atomic E-state index is 11.4. The van der Waals surface area contributed by atoms with Gasteiger partial charge in [0.2, 0.25) is 0 Å². The zero-order valence-electron chi connectivity index (χ0n) is 10.8.